The number of hydrazine groups is 1. The van der Waals surface area contributed by atoms with Crippen LogP contribution < -0.4 is 17.0 Å². The number of hydrogen-bond acceptors (Lipinski definition) is 5. The molecule has 0 amide bonds. The van der Waals surface area contributed by atoms with E-state index in [1.165, 1.54) is 11.5 Å². The molecule has 0 saturated carbocycles. The molecule has 0 spiro atoms. The van der Waals surface area contributed by atoms with Crippen LogP contribution in [0.4, 0.5) is 0 Å². The zero-order valence-corrected chi connectivity index (χ0v) is 6.51. The third-order valence-corrected chi connectivity index (χ3v) is 1.61. The number of aromatic nitrogens is 2. The van der Waals surface area contributed by atoms with Gasteiger partial charge in [0.25, 0.3) is 0 Å². The highest BCUT2D eigenvalue weighted by Crippen LogP contribution is 2.02. The molecular weight excluding hydrogens is 164 g/mol. The van der Waals surface area contributed by atoms with Gasteiger partial charge in [0.05, 0.1) is 17.6 Å². The maximum absolute atomic E-state index is 5.27. The second kappa shape index (κ2) is 3.84. The predicted octanol–water partition coefficient (Wildman–Crippen LogP) is -1.18. The lowest BCUT2D eigenvalue weighted by atomic mass is 10.6. The van der Waals surface area contributed by atoms with E-state index in [9.17, 15) is 0 Å². The van der Waals surface area contributed by atoms with Crippen molar-refractivity contribution < 1.29 is 0 Å². The monoisotopic (exact) mass is 172 g/mol. The van der Waals surface area contributed by atoms with Gasteiger partial charge in [-0.1, -0.05) is 4.49 Å². The molecule has 0 saturated heterocycles. The van der Waals surface area contributed by atoms with E-state index >= 15 is 0 Å². The molecule has 0 fully saturated rings. The highest BCUT2D eigenvalue weighted by atomic mass is 32.1. The lowest BCUT2D eigenvalue weighted by Crippen LogP contribution is -2.37. The van der Waals surface area contributed by atoms with Crippen molar-refractivity contribution in [2.75, 3.05) is 0 Å². The molecule has 7 heteroatoms. The van der Waals surface area contributed by atoms with E-state index < -0.39 is 0 Å². The van der Waals surface area contributed by atoms with Crippen molar-refractivity contribution in [2.24, 2.45) is 16.6 Å². The van der Waals surface area contributed by atoms with E-state index in [-0.39, 0.29) is 5.96 Å². The lowest BCUT2D eigenvalue weighted by Gasteiger charge is -1.94. The first-order chi connectivity index (χ1) is 5.33. The lowest BCUT2D eigenvalue weighted by molar-refractivity contribution is 0.963. The molecule has 60 valence electrons. The molecule has 1 aromatic heterocycles. The van der Waals surface area contributed by atoms with Gasteiger partial charge in [-0.15, -0.1) is 5.10 Å². The van der Waals surface area contributed by atoms with Gasteiger partial charge in [0.15, 0.2) is 0 Å². The maximum atomic E-state index is 5.27. The van der Waals surface area contributed by atoms with E-state index in [1.54, 1.807) is 6.20 Å². The number of guanidine groups is 1. The van der Waals surface area contributed by atoms with Gasteiger partial charge in [-0.2, -0.15) is 0 Å². The number of hydrogen-bond donors (Lipinski definition) is 3. The minimum atomic E-state index is 0.207. The Balaban J connectivity index is 2.45. The van der Waals surface area contributed by atoms with Crippen LogP contribution in [-0.2, 0) is 6.54 Å². The molecule has 0 aliphatic rings. The normalized spacial score (nSPS) is 11.5. The highest BCUT2D eigenvalue weighted by molar-refractivity contribution is 7.05. The number of nitrogens with zero attached hydrogens (tertiary/aromatic N) is 3. The van der Waals surface area contributed by atoms with E-state index in [4.69, 9.17) is 11.6 Å². The zero-order valence-electron chi connectivity index (χ0n) is 5.69. The Hall–Kier alpha value is -1.21. The first-order valence-corrected chi connectivity index (χ1v) is 3.63. The van der Waals surface area contributed by atoms with Crippen molar-refractivity contribution in [2.45, 2.75) is 6.54 Å². The van der Waals surface area contributed by atoms with Crippen LogP contribution in [0.25, 0.3) is 0 Å². The van der Waals surface area contributed by atoms with Gasteiger partial charge in [-0.3, -0.25) is 5.43 Å². The number of nitrogens with two attached hydrogens (primary N) is 2. The molecular formula is C4H8N6S. The van der Waals surface area contributed by atoms with Gasteiger partial charge < -0.3 is 5.73 Å². The van der Waals surface area contributed by atoms with Crippen molar-refractivity contribution in [1.82, 2.24) is 15.0 Å². The van der Waals surface area contributed by atoms with Crippen LogP contribution in [0.15, 0.2) is 11.2 Å². The first kappa shape index (κ1) is 7.89. The molecule has 1 aromatic rings. The summed E-state index contributed by atoms with van der Waals surface area (Å²) in [5, 5.41) is 3.63. The minimum absolute atomic E-state index is 0.207. The van der Waals surface area contributed by atoms with Crippen molar-refractivity contribution >= 4 is 17.5 Å². The molecule has 5 N–H and O–H groups in total. The first-order valence-electron chi connectivity index (χ1n) is 2.85. The van der Waals surface area contributed by atoms with Crippen LogP contribution in [0.1, 0.15) is 4.88 Å². The van der Waals surface area contributed by atoms with Gasteiger partial charge in [-0.25, -0.2) is 10.8 Å². The summed E-state index contributed by atoms with van der Waals surface area (Å²) >= 11 is 1.28. The standard InChI is InChI=1S/C4H8N6S/c5-4(9-6)7-1-3-2-8-10-11-3/h2H,1,6H2,(H3,5,7,9). The molecule has 0 unspecified atom stereocenters. The summed E-state index contributed by atoms with van der Waals surface area (Å²) < 4.78 is 3.66. The Bertz CT molecular complexity index is 229. The van der Waals surface area contributed by atoms with Crippen LogP contribution in [0.3, 0.4) is 0 Å². The van der Waals surface area contributed by atoms with Gasteiger partial charge >= 0.3 is 0 Å². The zero-order chi connectivity index (χ0) is 8.10. The summed E-state index contributed by atoms with van der Waals surface area (Å²) in [6, 6.07) is 0. The smallest absolute Gasteiger partial charge is 0.203 e. The fraction of sp³-hybridized carbons (Fsp3) is 0.250. The highest BCUT2D eigenvalue weighted by Gasteiger charge is 1.93. The summed E-state index contributed by atoms with van der Waals surface area (Å²) in [5.74, 6) is 5.18. The van der Waals surface area contributed by atoms with Gasteiger partial charge in [0, 0.05) is 0 Å². The quantitative estimate of drug-likeness (QED) is 0.225. The fourth-order valence-corrected chi connectivity index (χ4v) is 0.882. The Morgan fingerprint density at radius 3 is 3.18 bits per heavy atom. The van der Waals surface area contributed by atoms with Crippen molar-refractivity contribution in [3.05, 3.63) is 11.1 Å². The topological polar surface area (TPSA) is 102 Å². The molecule has 0 aromatic carbocycles. The van der Waals surface area contributed by atoms with Gasteiger partial charge in [0.2, 0.25) is 5.96 Å². The second-order valence-electron chi connectivity index (χ2n) is 1.73. The van der Waals surface area contributed by atoms with E-state index in [2.05, 4.69) is 20.0 Å². The Kier molecular flexibility index (Phi) is 2.75. The SMILES string of the molecule is NNC(N)=NCc1cnns1. The average Bonchev–Trinajstić information content (AvgIpc) is 2.52. The number of nitrogens with one attached hydrogen (secondary N) is 1. The molecule has 11 heavy (non-hydrogen) atoms. The predicted molar refractivity (Wildman–Crippen MR) is 42.6 cm³/mol. The summed E-state index contributed by atoms with van der Waals surface area (Å²) in [5.41, 5.74) is 7.49. The molecule has 1 rings (SSSR count). The van der Waals surface area contributed by atoms with E-state index in [0.717, 1.165) is 4.88 Å². The molecule has 0 radical (unpaired) electrons. The summed E-state index contributed by atoms with van der Waals surface area (Å²) in [4.78, 5) is 4.82. The molecule has 0 atom stereocenters. The molecule has 6 nitrogen and oxygen atoms in total. The average molecular weight is 172 g/mol. The third kappa shape index (κ3) is 2.48. The summed E-state index contributed by atoms with van der Waals surface area (Å²) in [6.07, 6.45) is 1.64. The fourth-order valence-electron chi connectivity index (χ4n) is 0.466. The molecule has 0 aliphatic carbocycles. The molecule has 0 bridgehead atoms. The van der Waals surface area contributed by atoms with Crippen LogP contribution in [0.5, 0.6) is 0 Å². The second-order valence-corrected chi connectivity index (χ2v) is 2.60. The van der Waals surface area contributed by atoms with Crippen molar-refractivity contribution in [1.29, 1.82) is 0 Å². The summed E-state index contributed by atoms with van der Waals surface area (Å²) in [6.45, 7) is 0.466. The maximum Gasteiger partial charge on any atom is 0.203 e. The van der Waals surface area contributed by atoms with Crippen LogP contribution in [0, 0.1) is 0 Å². The number of aliphatic imine (C=N–C) groups is 1. The number of rotatable bonds is 2. The van der Waals surface area contributed by atoms with Crippen molar-refractivity contribution in [3.63, 3.8) is 0 Å². The minimum Gasteiger partial charge on any atom is -0.369 e. The van der Waals surface area contributed by atoms with Gasteiger partial charge in [-0.05, 0) is 11.5 Å². The Morgan fingerprint density at radius 2 is 2.64 bits per heavy atom. The van der Waals surface area contributed by atoms with E-state index in [1.807, 2.05) is 0 Å². The van der Waals surface area contributed by atoms with Crippen LogP contribution in [0.2, 0.25) is 0 Å². The molecule has 0 aliphatic heterocycles. The Labute approximate surface area is 67.4 Å². The van der Waals surface area contributed by atoms with Crippen LogP contribution in [-0.4, -0.2) is 15.5 Å². The molecule has 1 heterocycles. The van der Waals surface area contributed by atoms with E-state index in [0.29, 0.717) is 6.54 Å². The van der Waals surface area contributed by atoms with Gasteiger partial charge in [0.1, 0.15) is 0 Å². The largest absolute Gasteiger partial charge is 0.369 e. The third-order valence-electron chi connectivity index (χ3n) is 0.960. The Morgan fingerprint density at radius 1 is 1.82 bits per heavy atom. The summed E-state index contributed by atoms with van der Waals surface area (Å²) in [7, 11) is 0. The van der Waals surface area contributed by atoms with Crippen molar-refractivity contribution in [3.8, 4) is 0 Å². The van der Waals surface area contributed by atoms with Crippen LogP contribution >= 0.6 is 11.5 Å².